The van der Waals surface area contributed by atoms with Gasteiger partial charge >= 0.3 is 0 Å². The molecular weight excluding hydrogens is 181 g/mol. The third kappa shape index (κ3) is 1.55. The minimum Gasteiger partial charge on any atom is -0.339 e. The Morgan fingerprint density at radius 2 is 2.14 bits per heavy atom. The van der Waals surface area contributed by atoms with E-state index in [9.17, 15) is 4.39 Å². The summed E-state index contributed by atoms with van der Waals surface area (Å²) in [5, 5.41) is 6.11. The Labute approximate surface area is 82.4 Å². The minimum atomic E-state index is -0.229. The molecule has 0 fully saturated rings. The third-order valence-corrected chi connectivity index (χ3v) is 2.13. The predicted molar refractivity (Wildman–Crippen MR) is 53.3 cm³/mol. The van der Waals surface area contributed by atoms with Crippen molar-refractivity contribution in [3.63, 3.8) is 0 Å². The van der Waals surface area contributed by atoms with E-state index in [1.165, 1.54) is 12.1 Å². The van der Waals surface area contributed by atoms with E-state index in [0.717, 1.165) is 18.1 Å². The fraction of sp³-hybridized carbons (Fsp3) is 0.300. The van der Waals surface area contributed by atoms with Gasteiger partial charge in [0.05, 0.1) is 0 Å². The number of rotatable bonds is 1. The first-order valence-corrected chi connectivity index (χ1v) is 4.43. The maximum Gasteiger partial charge on any atom is 0.157 e. The normalized spacial score (nSPS) is 16.1. The van der Waals surface area contributed by atoms with Crippen molar-refractivity contribution in [3.8, 4) is 0 Å². The second kappa shape index (κ2) is 3.29. The van der Waals surface area contributed by atoms with Gasteiger partial charge in [-0.2, -0.15) is 5.10 Å². The summed E-state index contributed by atoms with van der Waals surface area (Å²) in [6.07, 6.45) is 0. The zero-order valence-corrected chi connectivity index (χ0v) is 8.24. The van der Waals surface area contributed by atoms with E-state index in [1.807, 2.05) is 30.1 Å². The van der Waals surface area contributed by atoms with Gasteiger partial charge in [-0.25, -0.2) is 4.39 Å². The van der Waals surface area contributed by atoms with Crippen LogP contribution >= 0.6 is 0 Å². The Bertz CT molecular complexity index is 375. The summed E-state index contributed by atoms with van der Waals surface area (Å²) < 4.78 is 13.0. The third-order valence-electron chi connectivity index (χ3n) is 2.13. The van der Waals surface area contributed by atoms with E-state index in [-0.39, 0.29) is 5.82 Å². The van der Waals surface area contributed by atoms with Crippen molar-refractivity contribution in [2.45, 2.75) is 0 Å². The van der Waals surface area contributed by atoms with Gasteiger partial charge in [-0.1, -0.05) is 12.1 Å². The molecule has 1 aliphatic heterocycles. The second-order valence-electron chi connectivity index (χ2n) is 3.43. The SMILES string of the molecule is CN1CN(C)C(c2cccc(F)c2)=N1. The van der Waals surface area contributed by atoms with E-state index in [4.69, 9.17) is 0 Å². The standard InChI is InChI=1S/C10H12FN3/c1-13-7-14(2)12-10(13)8-4-3-5-9(11)6-8/h3-6H,7H2,1-2H3. The molecule has 1 aliphatic rings. The molecule has 0 N–H and O–H groups in total. The molecule has 3 nitrogen and oxygen atoms in total. The fourth-order valence-electron chi connectivity index (χ4n) is 1.55. The lowest BCUT2D eigenvalue weighted by molar-refractivity contribution is 0.303. The first-order valence-electron chi connectivity index (χ1n) is 4.43. The maximum absolute atomic E-state index is 13.0. The molecule has 0 aromatic heterocycles. The molecule has 0 aliphatic carbocycles. The maximum atomic E-state index is 13.0. The van der Waals surface area contributed by atoms with Crippen LogP contribution in [0.3, 0.4) is 0 Å². The molecule has 0 spiro atoms. The van der Waals surface area contributed by atoms with Crippen molar-refractivity contribution < 1.29 is 4.39 Å². The van der Waals surface area contributed by atoms with Gasteiger partial charge in [0.2, 0.25) is 0 Å². The van der Waals surface area contributed by atoms with Crippen LogP contribution < -0.4 is 0 Å². The van der Waals surface area contributed by atoms with Crippen LogP contribution in [0.4, 0.5) is 4.39 Å². The van der Waals surface area contributed by atoms with Crippen LogP contribution in [0.1, 0.15) is 5.56 Å². The van der Waals surface area contributed by atoms with E-state index < -0.39 is 0 Å². The van der Waals surface area contributed by atoms with Crippen LogP contribution in [0.2, 0.25) is 0 Å². The molecule has 2 rings (SSSR count). The average Bonchev–Trinajstić information content (AvgIpc) is 2.45. The summed E-state index contributed by atoms with van der Waals surface area (Å²) in [5.41, 5.74) is 0.817. The van der Waals surface area contributed by atoms with Crippen LogP contribution in [0.5, 0.6) is 0 Å². The molecular formula is C10H12FN3. The molecule has 1 aromatic carbocycles. The van der Waals surface area contributed by atoms with E-state index in [1.54, 1.807) is 6.07 Å². The zero-order valence-electron chi connectivity index (χ0n) is 8.24. The number of amidine groups is 1. The monoisotopic (exact) mass is 193 g/mol. The highest BCUT2D eigenvalue weighted by atomic mass is 19.1. The van der Waals surface area contributed by atoms with Gasteiger partial charge in [-0.05, 0) is 12.1 Å². The van der Waals surface area contributed by atoms with Gasteiger partial charge < -0.3 is 4.90 Å². The summed E-state index contributed by atoms with van der Waals surface area (Å²) in [5.74, 6) is 0.583. The lowest BCUT2D eigenvalue weighted by Gasteiger charge is -2.13. The van der Waals surface area contributed by atoms with Gasteiger partial charge in [0.15, 0.2) is 5.84 Å². The number of benzene rings is 1. The van der Waals surface area contributed by atoms with Crippen LogP contribution in [0.25, 0.3) is 0 Å². The Morgan fingerprint density at radius 3 is 2.71 bits per heavy atom. The lowest BCUT2D eigenvalue weighted by atomic mass is 10.2. The average molecular weight is 193 g/mol. The Hall–Kier alpha value is -1.58. The van der Waals surface area contributed by atoms with Crippen molar-refractivity contribution in [2.75, 3.05) is 20.8 Å². The first kappa shape index (κ1) is 8.99. The number of nitrogens with zero attached hydrogens (tertiary/aromatic N) is 3. The smallest absolute Gasteiger partial charge is 0.157 e. The molecule has 0 atom stereocenters. The van der Waals surface area contributed by atoms with E-state index >= 15 is 0 Å². The molecule has 1 aromatic rings. The molecule has 0 saturated heterocycles. The summed E-state index contributed by atoms with van der Waals surface area (Å²) in [7, 11) is 3.83. The largest absolute Gasteiger partial charge is 0.339 e. The van der Waals surface area contributed by atoms with Crippen molar-refractivity contribution in [1.82, 2.24) is 9.91 Å². The Balaban J connectivity index is 2.36. The molecule has 0 radical (unpaired) electrons. The van der Waals surface area contributed by atoms with Crippen molar-refractivity contribution in [3.05, 3.63) is 35.6 Å². The Kier molecular flexibility index (Phi) is 2.11. The molecule has 0 saturated carbocycles. The van der Waals surface area contributed by atoms with Gasteiger partial charge in [0.1, 0.15) is 12.5 Å². The van der Waals surface area contributed by atoms with Gasteiger partial charge in [-0.3, -0.25) is 5.01 Å². The van der Waals surface area contributed by atoms with Crippen molar-refractivity contribution in [2.24, 2.45) is 5.10 Å². The van der Waals surface area contributed by atoms with E-state index in [0.29, 0.717) is 0 Å². The number of hydrazone groups is 1. The molecule has 74 valence electrons. The number of halogens is 1. The van der Waals surface area contributed by atoms with Crippen molar-refractivity contribution >= 4 is 5.84 Å². The highest BCUT2D eigenvalue weighted by molar-refractivity contribution is 5.99. The number of hydrogen-bond donors (Lipinski definition) is 0. The molecule has 0 bridgehead atoms. The quantitative estimate of drug-likeness (QED) is 0.670. The topological polar surface area (TPSA) is 18.8 Å². The summed E-state index contributed by atoms with van der Waals surface area (Å²) in [6.45, 7) is 0.742. The Morgan fingerprint density at radius 1 is 1.36 bits per heavy atom. The lowest BCUT2D eigenvalue weighted by Crippen LogP contribution is -2.25. The molecule has 0 amide bonds. The molecule has 4 heteroatoms. The second-order valence-corrected chi connectivity index (χ2v) is 3.43. The fourth-order valence-corrected chi connectivity index (χ4v) is 1.55. The minimum absolute atomic E-state index is 0.229. The van der Waals surface area contributed by atoms with E-state index in [2.05, 4.69) is 5.10 Å². The van der Waals surface area contributed by atoms with Gasteiger partial charge in [0, 0.05) is 19.7 Å². The molecule has 0 unspecified atom stereocenters. The summed E-state index contributed by atoms with van der Waals surface area (Å²) in [6, 6.07) is 6.48. The predicted octanol–water partition coefficient (Wildman–Crippen LogP) is 1.32. The van der Waals surface area contributed by atoms with Crippen molar-refractivity contribution in [1.29, 1.82) is 0 Å². The van der Waals surface area contributed by atoms with Gasteiger partial charge in [0.25, 0.3) is 0 Å². The zero-order chi connectivity index (χ0) is 10.1. The summed E-state index contributed by atoms with van der Waals surface area (Å²) >= 11 is 0. The summed E-state index contributed by atoms with van der Waals surface area (Å²) in [4.78, 5) is 1.98. The highest BCUT2D eigenvalue weighted by Crippen LogP contribution is 2.12. The van der Waals surface area contributed by atoms with Gasteiger partial charge in [-0.15, -0.1) is 0 Å². The molecule has 1 heterocycles. The van der Waals surface area contributed by atoms with Crippen LogP contribution in [-0.2, 0) is 0 Å². The highest BCUT2D eigenvalue weighted by Gasteiger charge is 2.18. The number of hydrogen-bond acceptors (Lipinski definition) is 3. The van der Waals surface area contributed by atoms with Crippen LogP contribution in [-0.4, -0.2) is 36.5 Å². The first-order chi connectivity index (χ1) is 6.66. The van der Waals surface area contributed by atoms with Crippen LogP contribution in [0, 0.1) is 5.82 Å². The molecule has 14 heavy (non-hydrogen) atoms. The van der Waals surface area contributed by atoms with Crippen LogP contribution in [0.15, 0.2) is 29.4 Å².